The van der Waals surface area contributed by atoms with Gasteiger partial charge in [-0.1, -0.05) is 29.8 Å². The summed E-state index contributed by atoms with van der Waals surface area (Å²) in [5.41, 5.74) is 6.07. The van der Waals surface area contributed by atoms with Crippen molar-refractivity contribution in [3.63, 3.8) is 0 Å². The number of amides is 1. The van der Waals surface area contributed by atoms with Crippen LogP contribution in [-0.4, -0.2) is 65.1 Å². The van der Waals surface area contributed by atoms with Crippen LogP contribution in [-0.2, 0) is 24.1 Å². The van der Waals surface area contributed by atoms with Crippen molar-refractivity contribution in [3.05, 3.63) is 69.9 Å². The van der Waals surface area contributed by atoms with Crippen molar-refractivity contribution in [1.29, 1.82) is 0 Å². The fraction of sp³-hybridized carbons (Fsp3) is 0.393. The first-order valence-electron chi connectivity index (χ1n) is 12.9. The fourth-order valence-corrected chi connectivity index (χ4v) is 5.75. The van der Waals surface area contributed by atoms with Crippen LogP contribution in [0.3, 0.4) is 0 Å². The Balaban J connectivity index is 1.18. The van der Waals surface area contributed by atoms with Crippen LogP contribution in [0.25, 0.3) is 0 Å². The van der Waals surface area contributed by atoms with Gasteiger partial charge in [0.05, 0.1) is 17.4 Å². The quantitative estimate of drug-likeness (QED) is 0.503. The molecular formula is C28H31ClN6O2. The maximum atomic E-state index is 12.7. The van der Waals surface area contributed by atoms with E-state index >= 15 is 0 Å². The van der Waals surface area contributed by atoms with E-state index in [1.807, 2.05) is 18.2 Å². The lowest BCUT2D eigenvalue weighted by Gasteiger charge is -2.33. The minimum Gasteiger partial charge on any atom is -0.381 e. The van der Waals surface area contributed by atoms with E-state index in [0.29, 0.717) is 40.6 Å². The van der Waals surface area contributed by atoms with Crippen molar-refractivity contribution in [2.45, 2.75) is 38.3 Å². The van der Waals surface area contributed by atoms with Gasteiger partial charge in [-0.05, 0) is 60.6 Å². The Morgan fingerprint density at radius 3 is 2.68 bits per heavy atom. The maximum absolute atomic E-state index is 12.7. The molecule has 2 aromatic carbocycles. The molecule has 1 saturated heterocycles. The molecule has 4 heterocycles. The summed E-state index contributed by atoms with van der Waals surface area (Å²) in [5, 5.41) is 6.99. The number of aromatic nitrogens is 2. The second kappa shape index (κ2) is 10.3. The van der Waals surface area contributed by atoms with Crippen LogP contribution in [0.5, 0.6) is 0 Å². The minimum atomic E-state index is -0.0120. The van der Waals surface area contributed by atoms with Gasteiger partial charge in [-0.15, -0.1) is 0 Å². The Bertz CT molecular complexity index is 1330. The predicted molar refractivity (Wildman–Crippen MR) is 145 cm³/mol. The zero-order valence-electron chi connectivity index (χ0n) is 21.0. The van der Waals surface area contributed by atoms with Gasteiger partial charge >= 0.3 is 0 Å². The summed E-state index contributed by atoms with van der Waals surface area (Å²) < 4.78 is 5.56. The van der Waals surface area contributed by atoms with Gasteiger partial charge in [0.1, 0.15) is 5.02 Å². The van der Waals surface area contributed by atoms with Crippen molar-refractivity contribution < 1.29 is 9.53 Å². The SMILES string of the molecule is CN1Cc2cccc(Nc3nc(Nc4ccc5c(c4)CCN(C4CCOCC4)CC5)ncc3Cl)c2C1=O. The van der Waals surface area contributed by atoms with Crippen LogP contribution < -0.4 is 10.6 Å². The van der Waals surface area contributed by atoms with Crippen LogP contribution in [0.15, 0.2) is 42.6 Å². The lowest BCUT2D eigenvalue weighted by molar-refractivity contribution is 0.0355. The topological polar surface area (TPSA) is 82.6 Å². The first-order valence-corrected chi connectivity index (χ1v) is 13.3. The second-order valence-corrected chi connectivity index (χ2v) is 10.4. The zero-order chi connectivity index (χ0) is 25.4. The number of nitrogens with one attached hydrogen (secondary N) is 2. The Kier molecular flexibility index (Phi) is 6.71. The molecule has 6 rings (SSSR count). The highest BCUT2D eigenvalue weighted by atomic mass is 35.5. The smallest absolute Gasteiger partial charge is 0.256 e. The van der Waals surface area contributed by atoms with E-state index in [0.717, 1.165) is 63.2 Å². The molecule has 3 aliphatic heterocycles. The summed E-state index contributed by atoms with van der Waals surface area (Å²) in [5.74, 6) is 0.888. The average Bonchev–Trinajstić information content (AvgIpc) is 3.07. The number of carbonyl (C=O) groups is 1. The molecule has 0 unspecified atom stereocenters. The van der Waals surface area contributed by atoms with Crippen molar-refractivity contribution in [3.8, 4) is 0 Å². The summed E-state index contributed by atoms with van der Waals surface area (Å²) >= 11 is 6.43. The van der Waals surface area contributed by atoms with E-state index in [-0.39, 0.29) is 5.91 Å². The minimum absolute atomic E-state index is 0.0120. The first-order chi connectivity index (χ1) is 18.0. The molecule has 2 N–H and O–H groups in total. The third-order valence-electron chi connectivity index (χ3n) is 7.62. The molecule has 0 atom stereocenters. The van der Waals surface area contributed by atoms with Gasteiger partial charge in [0.15, 0.2) is 5.82 Å². The molecule has 0 saturated carbocycles. The number of hydrogen-bond acceptors (Lipinski definition) is 7. The average molecular weight is 519 g/mol. The summed E-state index contributed by atoms with van der Waals surface area (Å²) in [6.07, 6.45) is 5.92. The maximum Gasteiger partial charge on any atom is 0.256 e. The molecule has 0 bridgehead atoms. The summed E-state index contributed by atoms with van der Waals surface area (Å²) in [6, 6.07) is 12.9. The molecule has 9 heteroatoms. The van der Waals surface area contributed by atoms with E-state index in [1.54, 1.807) is 18.1 Å². The van der Waals surface area contributed by atoms with E-state index in [1.165, 1.54) is 11.1 Å². The number of nitrogens with zero attached hydrogens (tertiary/aromatic N) is 4. The molecule has 1 amide bonds. The molecule has 1 aromatic heterocycles. The number of benzene rings is 2. The van der Waals surface area contributed by atoms with Crippen molar-refractivity contribution in [1.82, 2.24) is 19.8 Å². The molecule has 192 valence electrons. The summed E-state index contributed by atoms with van der Waals surface area (Å²) in [6.45, 7) is 4.52. The number of rotatable bonds is 5. The molecule has 0 spiro atoms. The number of ether oxygens (including phenoxy) is 1. The van der Waals surface area contributed by atoms with Crippen LogP contribution in [0, 0.1) is 0 Å². The van der Waals surface area contributed by atoms with Crippen molar-refractivity contribution in [2.75, 3.05) is 44.0 Å². The third kappa shape index (κ3) is 5.01. The van der Waals surface area contributed by atoms with Gasteiger partial charge < -0.3 is 20.3 Å². The lowest BCUT2D eigenvalue weighted by atomic mass is 10.0. The van der Waals surface area contributed by atoms with E-state index < -0.39 is 0 Å². The van der Waals surface area contributed by atoms with Gasteiger partial charge in [0.25, 0.3) is 5.91 Å². The van der Waals surface area contributed by atoms with Crippen LogP contribution in [0.4, 0.5) is 23.1 Å². The lowest BCUT2D eigenvalue weighted by Crippen LogP contribution is -2.40. The number of anilines is 4. The zero-order valence-corrected chi connectivity index (χ0v) is 21.7. The summed E-state index contributed by atoms with van der Waals surface area (Å²) in [4.78, 5) is 26.0. The van der Waals surface area contributed by atoms with E-state index in [9.17, 15) is 4.79 Å². The molecule has 37 heavy (non-hydrogen) atoms. The summed E-state index contributed by atoms with van der Waals surface area (Å²) in [7, 11) is 1.80. The standard InChI is InChI=1S/C28H31ClN6O2/c1-34-17-20-3-2-4-24(25(20)27(34)36)32-26-23(29)16-30-28(33-26)31-21-6-5-18-7-11-35(12-8-19(18)15-21)22-9-13-37-14-10-22/h2-6,15-16,22H,7-14,17H2,1H3,(H2,30,31,32,33). The number of halogens is 1. The monoisotopic (exact) mass is 518 g/mol. The molecule has 3 aromatic rings. The molecule has 3 aliphatic rings. The van der Waals surface area contributed by atoms with E-state index in [2.05, 4.69) is 43.7 Å². The van der Waals surface area contributed by atoms with Crippen molar-refractivity contribution >= 4 is 40.6 Å². The Labute approximate surface area is 222 Å². The second-order valence-electron chi connectivity index (χ2n) is 10.0. The number of fused-ring (bicyclic) bond motifs is 2. The highest BCUT2D eigenvalue weighted by molar-refractivity contribution is 6.33. The number of carbonyl (C=O) groups excluding carboxylic acids is 1. The first kappa shape index (κ1) is 24.2. The number of hydrogen-bond donors (Lipinski definition) is 2. The van der Waals surface area contributed by atoms with Gasteiger partial charge in [0.2, 0.25) is 5.95 Å². The Hall–Kier alpha value is -3.20. The third-order valence-corrected chi connectivity index (χ3v) is 7.90. The highest BCUT2D eigenvalue weighted by Gasteiger charge is 2.28. The molecule has 1 fully saturated rings. The van der Waals surface area contributed by atoms with Gasteiger partial charge in [-0.2, -0.15) is 4.98 Å². The van der Waals surface area contributed by atoms with Crippen LogP contribution in [0.1, 0.15) is 39.9 Å². The van der Waals surface area contributed by atoms with Gasteiger partial charge in [-0.3, -0.25) is 9.69 Å². The molecule has 0 radical (unpaired) electrons. The Morgan fingerprint density at radius 1 is 1.03 bits per heavy atom. The molecule has 8 nitrogen and oxygen atoms in total. The normalized spacial score (nSPS) is 18.3. The van der Waals surface area contributed by atoms with Gasteiger partial charge in [-0.25, -0.2) is 4.98 Å². The van der Waals surface area contributed by atoms with Gasteiger partial charge in [0, 0.05) is 51.6 Å². The van der Waals surface area contributed by atoms with E-state index in [4.69, 9.17) is 16.3 Å². The van der Waals surface area contributed by atoms with Crippen molar-refractivity contribution in [2.24, 2.45) is 0 Å². The molecular weight excluding hydrogens is 488 g/mol. The highest BCUT2D eigenvalue weighted by Crippen LogP contribution is 2.32. The largest absolute Gasteiger partial charge is 0.381 e. The molecule has 0 aliphatic carbocycles. The fourth-order valence-electron chi connectivity index (χ4n) is 5.61. The van der Waals surface area contributed by atoms with Crippen LogP contribution in [0.2, 0.25) is 5.02 Å². The predicted octanol–water partition coefficient (Wildman–Crippen LogP) is 4.78. The Morgan fingerprint density at radius 2 is 1.84 bits per heavy atom. The van der Waals surface area contributed by atoms with Crippen LogP contribution >= 0.6 is 11.6 Å².